The van der Waals surface area contributed by atoms with Gasteiger partial charge in [-0.3, -0.25) is 9.89 Å². The Morgan fingerprint density at radius 3 is 2.69 bits per heavy atom. The predicted molar refractivity (Wildman–Crippen MR) is 43.0 cm³/mol. The molecule has 0 atom stereocenters. The molecule has 0 unspecified atom stereocenters. The standard InChI is InChI=1S/C6H6ClF2N3O/c1-2-3(7)5(12-11-2)10-6(13)4(8)9/h4H,1H3,(H2,10,11,12,13). The van der Waals surface area contributed by atoms with Crippen molar-refractivity contribution in [1.82, 2.24) is 10.2 Å². The zero-order chi connectivity index (χ0) is 10.0. The minimum atomic E-state index is -3.08. The maximum absolute atomic E-state index is 11.8. The van der Waals surface area contributed by atoms with Crippen LogP contribution in [0, 0.1) is 6.92 Å². The first-order valence-electron chi connectivity index (χ1n) is 3.32. The molecular formula is C6H6ClF2N3O. The van der Waals surface area contributed by atoms with Crippen LogP contribution < -0.4 is 5.32 Å². The first kappa shape index (κ1) is 9.91. The summed E-state index contributed by atoms with van der Waals surface area (Å²) in [5, 5.41) is 7.96. The number of amides is 1. The van der Waals surface area contributed by atoms with Crippen LogP contribution in [-0.4, -0.2) is 22.5 Å². The second kappa shape index (κ2) is 3.69. The van der Waals surface area contributed by atoms with E-state index in [9.17, 15) is 13.6 Å². The molecule has 13 heavy (non-hydrogen) atoms. The van der Waals surface area contributed by atoms with Crippen LogP contribution in [0.3, 0.4) is 0 Å². The van der Waals surface area contributed by atoms with Crippen molar-refractivity contribution in [1.29, 1.82) is 0 Å². The van der Waals surface area contributed by atoms with E-state index in [1.165, 1.54) is 0 Å². The molecule has 1 heterocycles. The Balaban J connectivity index is 2.75. The molecule has 0 saturated carbocycles. The number of nitrogens with one attached hydrogen (secondary N) is 2. The summed E-state index contributed by atoms with van der Waals surface area (Å²) in [6.07, 6.45) is -3.08. The summed E-state index contributed by atoms with van der Waals surface area (Å²) < 4.78 is 23.5. The third-order valence-corrected chi connectivity index (χ3v) is 1.77. The maximum Gasteiger partial charge on any atom is 0.315 e. The van der Waals surface area contributed by atoms with Crippen molar-refractivity contribution in [3.63, 3.8) is 0 Å². The number of alkyl halides is 2. The van der Waals surface area contributed by atoms with Crippen LogP contribution in [-0.2, 0) is 4.79 Å². The van der Waals surface area contributed by atoms with E-state index in [-0.39, 0.29) is 10.8 Å². The molecule has 2 N–H and O–H groups in total. The lowest BCUT2D eigenvalue weighted by Gasteiger charge is -1.99. The van der Waals surface area contributed by atoms with Gasteiger partial charge in [-0.05, 0) is 6.92 Å². The zero-order valence-corrected chi connectivity index (χ0v) is 7.32. The Kier molecular flexibility index (Phi) is 2.82. The number of hydrogen-bond donors (Lipinski definition) is 2. The van der Waals surface area contributed by atoms with Gasteiger partial charge in [0.1, 0.15) is 5.02 Å². The maximum atomic E-state index is 11.8. The van der Waals surface area contributed by atoms with Crippen molar-refractivity contribution < 1.29 is 13.6 Å². The quantitative estimate of drug-likeness (QED) is 0.777. The predicted octanol–water partition coefficient (Wildman–Crippen LogP) is 1.58. The van der Waals surface area contributed by atoms with Crippen molar-refractivity contribution in [2.75, 3.05) is 5.32 Å². The Hall–Kier alpha value is -1.17. The molecule has 0 bridgehead atoms. The molecule has 0 saturated heterocycles. The topological polar surface area (TPSA) is 57.8 Å². The van der Waals surface area contributed by atoms with E-state index in [2.05, 4.69) is 10.2 Å². The summed E-state index contributed by atoms with van der Waals surface area (Å²) in [7, 11) is 0. The highest BCUT2D eigenvalue weighted by Crippen LogP contribution is 2.22. The zero-order valence-electron chi connectivity index (χ0n) is 6.57. The average Bonchev–Trinajstić information content (AvgIpc) is 2.36. The number of aryl methyl sites for hydroxylation is 1. The Bertz CT molecular complexity index is 326. The van der Waals surface area contributed by atoms with Gasteiger partial charge in [0.05, 0.1) is 5.69 Å². The molecule has 7 heteroatoms. The Morgan fingerprint density at radius 2 is 2.31 bits per heavy atom. The van der Waals surface area contributed by atoms with Crippen LogP contribution in [0.2, 0.25) is 5.02 Å². The summed E-state index contributed by atoms with van der Waals surface area (Å²) in [6.45, 7) is 1.60. The summed E-state index contributed by atoms with van der Waals surface area (Å²) >= 11 is 5.60. The molecule has 1 amide bonds. The molecule has 0 radical (unpaired) electrons. The largest absolute Gasteiger partial charge is 0.315 e. The van der Waals surface area contributed by atoms with Gasteiger partial charge in [-0.25, -0.2) is 0 Å². The van der Waals surface area contributed by atoms with Gasteiger partial charge in [-0.15, -0.1) is 0 Å². The van der Waals surface area contributed by atoms with E-state index in [0.717, 1.165) is 0 Å². The SMILES string of the molecule is Cc1[nH]nc(NC(=O)C(F)F)c1Cl. The minimum Gasteiger partial charge on any atom is -0.303 e. The summed E-state index contributed by atoms with van der Waals surface area (Å²) in [6, 6.07) is 0. The van der Waals surface area contributed by atoms with Gasteiger partial charge >= 0.3 is 6.43 Å². The number of carbonyl (C=O) groups excluding carboxylic acids is 1. The van der Waals surface area contributed by atoms with E-state index in [4.69, 9.17) is 11.6 Å². The van der Waals surface area contributed by atoms with Crippen molar-refractivity contribution >= 4 is 23.3 Å². The third kappa shape index (κ3) is 2.15. The number of halogens is 3. The van der Waals surface area contributed by atoms with Crippen LogP contribution in [0.5, 0.6) is 0 Å². The van der Waals surface area contributed by atoms with Gasteiger partial charge in [-0.1, -0.05) is 11.6 Å². The number of aromatic amines is 1. The second-order valence-corrected chi connectivity index (χ2v) is 2.68. The number of carbonyl (C=O) groups is 1. The van der Waals surface area contributed by atoms with Gasteiger partial charge in [-0.2, -0.15) is 13.9 Å². The number of nitrogens with zero attached hydrogens (tertiary/aromatic N) is 1. The normalized spacial score (nSPS) is 10.5. The van der Waals surface area contributed by atoms with E-state index in [1.54, 1.807) is 6.92 Å². The van der Waals surface area contributed by atoms with Crippen molar-refractivity contribution in [2.24, 2.45) is 0 Å². The van der Waals surface area contributed by atoms with Gasteiger partial charge in [0, 0.05) is 0 Å². The average molecular weight is 210 g/mol. The van der Waals surface area contributed by atoms with Gasteiger partial charge in [0.15, 0.2) is 5.82 Å². The smallest absolute Gasteiger partial charge is 0.303 e. The second-order valence-electron chi connectivity index (χ2n) is 2.30. The molecule has 0 aliphatic carbocycles. The van der Waals surface area contributed by atoms with Gasteiger partial charge in [0.2, 0.25) is 0 Å². The van der Waals surface area contributed by atoms with Gasteiger partial charge < -0.3 is 5.32 Å². The molecular weight excluding hydrogens is 204 g/mol. The van der Waals surface area contributed by atoms with Crippen LogP contribution in [0.15, 0.2) is 0 Å². The van der Waals surface area contributed by atoms with Crippen LogP contribution in [0.1, 0.15) is 5.69 Å². The first-order valence-corrected chi connectivity index (χ1v) is 3.69. The molecule has 1 aromatic heterocycles. The highest BCUT2D eigenvalue weighted by molar-refractivity contribution is 6.34. The molecule has 1 rings (SSSR count). The molecule has 4 nitrogen and oxygen atoms in total. The number of hydrogen-bond acceptors (Lipinski definition) is 2. The first-order chi connectivity index (χ1) is 6.02. The summed E-state index contributed by atoms with van der Waals surface area (Å²) in [5.41, 5.74) is 0.506. The molecule has 0 aliphatic heterocycles. The number of anilines is 1. The number of rotatable bonds is 2. The van der Waals surface area contributed by atoms with Crippen LogP contribution >= 0.6 is 11.6 Å². The molecule has 0 fully saturated rings. The molecule has 1 aromatic rings. The summed E-state index contributed by atoms with van der Waals surface area (Å²) in [5.74, 6) is -1.50. The fourth-order valence-corrected chi connectivity index (χ4v) is 0.801. The fourth-order valence-electron chi connectivity index (χ4n) is 0.670. The highest BCUT2D eigenvalue weighted by Gasteiger charge is 2.18. The third-order valence-electron chi connectivity index (χ3n) is 1.31. The molecule has 0 aromatic carbocycles. The highest BCUT2D eigenvalue weighted by atomic mass is 35.5. The molecule has 0 spiro atoms. The van der Waals surface area contributed by atoms with Crippen molar-refractivity contribution in [3.05, 3.63) is 10.7 Å². The van der Waals surface area contributed by atoms with Crippen LogP contribution in [0.25, 0.3) is 0 Å². The fraction of sp³-hybridized carbons (Fsp3) is 0.333. The number of H-pyrrole nitrogens is 1. The Morgan fingerprint density at radius 1 is 1.69 bits per heavy atom. The van der Waals surface area contributed by atoms with E-state index < -0.39 is 12.3 Å². The lowest BCUT2D eigenvalue weighted by Crippen LogP contribution is -2.20. The minimum absolute atomic E-state index is 0.0792. The van der Waals surface area contributed by atoms with Crippen LogP contribution in [0.4, 0.5) is 14.6 Å². The Labute approximate surface area is 77.3 Å². The molecule has 72 valence electrons. The van der Waals surface area contributed by atoms with Gasteiger partial charge in [0.25, 0.3) is 5.91 Å². The lowest BCUT2D eigenvalue weighted by molar-refractivity contribution is -0.126. The number of aromatic nitrogens is 2. The summed E-state index contributed by atoms with van der Waals surface area (Å²) in [4.78, 5) is 10.5. The van der Waals surface area contributed by atoms with E-state index in [0.29, 0.717) is 5.69 Å². The van der Waals surface area contributed by atoms with Crippen molar-refractivity contribution in [2.45, 2.75) is 13.3 Å². The van der Waals surface area contributed by atoms with E-state index >= 15 is 0 Å². The monoisotopic (exact) mass is 209 g/mol. The lowest BCUT2D eigenvalue weighted by atomic mass is 10.4. The van der Waals surface area contributed by atoms with Crippen molar-refractivity contribution in [3.8, 4) is 0 Å². The van der Waals surface area contributed by atoms with E-state index in [1.807, 2.05) is 5.32 Å². The molecule has 0 aliphatic rings.